The van der Waals surface area contributed by atoms with Crippen LogP contribution in [0.3, 0.4) is 0 Å². The van der Waals surface area contributed by atoms with E-state index in [0.717, 1.165) is 5.56 Å². The van der Waals surface area contributed by atoms with Crippen molar-refractivity contribution in [3.8, 4) is 11.8 Å². The van der Waals surface area contributed by atoms with E-state index in [0.29, 0.717) is 31.4 Å². The zero-order valence-electron chi connectivity index (χ0n) is 10.8. The zero-order valence-corrected chi connectivity index (χ0v) is 10.8. The maximum atomic E-state index is 10.7. The van der Waals surface area contributed by atoms with Crippen molar-refractivity contribution in [1.82, 2.24) is 20.6 Å². The molecule has 18 heavy (non-hydrogen) atoms. The van der Waals surface area contributed by atoms with Crippen LogP contribution >= 0.6 is 0 Å². The second-order valence-corrected chi connectivity index (χ2v) is 3.53. The standard InChI is InChI=1S/C11H18N4O3/c1-8(16)13-5-4-12-6-9-10(17-2)14-7-15-11(9)18-3/h7,12H,4-6H2,1-3H3,(H,13,16). The topological polar surface area (TPSA) is 85.4 Å². The van der Waals surface area contributed by atoms with Gasteiger partial charge in [0.15, 0.2) is 0 Å². The molecule has 0 radical (unpaired) electrons. The number of rotatable bonds is 7. The van der Waals surface area contributed by atoms with Crippen LogP contribution in [-0.4, -0.2) is 43.2 Å². The minimum atomic E-state index is -0.0463. The van der Waals surface area contributed by atoms with Crippen molar-refractivity contribution < 1.29 is 14.3 Å². The molecule has 0 saturated heterocycles. The molecule has 0 saturated carbocycles. The number of nitrogens with one attached hydrogen (secondary N) is 2. The van der Waals surface area contributed by atoms with Crippen LogP contribution in [0.2, 0.25) is 0 Å². The number of aromatic nitrogens is 2. The molecule has 0 aliphatic heterocycles. The summed E-state index contributed by atoms with van der Waals surface area (Å²) in [5.41, 5.74) is 0.755. The van der Waals surface area contributed by atoms with E-state index in [2.05, 4.69) is 20.6 Å². The van der Waals surface area contributed by atoms with Crippen LogP contribution in [-0.2, 0) is 11.3 Å². The van der Waals surface area contributed by atoms with Gasteiger partial charge >= 0.3 is 0 Å². The van der Waals surface area contributed by atoms with Gasteiger partial charge in [0.05, 0.1) is 19.8 Å². The maximum Gasteiger partial charge on any atom is 0.224 e. The van der Waals surface area contributed by atoms with Gasteiger partial charge in [0, 0.05) is 26.6 Å². The lowest BCUT2D eigenvalue weighted by atomic mass is 10.3. The number of hydrogen-bond donors (Lipinski definition) is 2. The van der Waals surface area contributed by atoms with Gasteiger partial charge in [-0.15, -0.1) is 0 Å². The highest BCUT2D eigenvalue weighted by Crippen LogP contribution is 2.22. The molecule has 1 heterocycles. The van der Waals surface area contributed by atoms with Crippen molar-refractivity contribution >= 4 is 5.91 Å². The van der Waals surface area contributed by atoms with Crippen molar-refractivity contribution in [3.05, 3.63) is 11.9 Å². The fourth-order valence-electron chi connectivity index (χ4n) is 1.42. The molecule has 7 heteroatoms. The third-order valence-corrected chi connectivity index (χ3v) is 2.23. The molecule has 1 amide bonds. The van der Waals surface area contributed by atoms with E-state index >= 15 is 0 Å². The van der Waals surface area contributed by atoms with Crippen LogP contribution < -0.4 is 20.1 Å². The van der Waals surface area contributed by atoms with Crippen LogP contribution in [0.4, 0.5) is 0 Å². The smallest absolute Gasteiger partial charge is 0.224 e. The first-order chi connectivity index (χ1) is 8.69. The van der Waals surface area contributed by atoms with E-state index < -0.39 is 0 Å². The molecule has 0 fully saturated rings. The molecular weight excluding hydrogens is 236 g/mol. The van der Waals surface area contributed by atoms with Gasteiger partial charge in [0.2, 0.25) is 17.7 Å². The average Bonchev–Trinajstić information content (AvgIpc) is 2.37. The van der Waals surface area contributed by atoms with Crippen LogP contribution in [0.15, 0.2) is 6.33 Å². The summed E-state index contributed by atoms with van der Waals surface area (Å²) in [5.74, 6) is 0.915. The predicted molar refractivity (Wildman–Crippen MR) is 65.5 cm³/mol. The van der Waals surface area contributed by atoms with E-state index in [4.69, 9.17) is 9.47 Å². The second kappa shape index (κ2) is 7.44. The highest BCUT2D eigenvalue weighted by molar-refractivity contribution is 5.72. The van der Waals surface area contributed by atoms with E-state index in [1.165, 1.54) is 13.3 Å². The predicted octanol–water partition coefficient (Wildman–Crippen LogP) is -0.280. The van der Waals surface area contributed by atoms with Crippen molar-refractivity contribution in [2.24, 2.45) is 0 Å². The monoisotopic (exact) mass is 254 g/mol. The van der Waals surface area contributed by atoms with Crippen LogP contribution in [0, 0.1) is 0 Å². The molecule has 7 nitrogen and oxygen atoms in total. The Morgan fingerprint density at radius 2 is 1.83 bits per heavy atom. The Kier molecular flexibility index (Phi) is 5.86. The highest BCUT2D eigenvalue weighted by Gasteiger charge is 2.11. The Hall–Kier alpha value is -1.89. The van der Waals surface area contributed by atoms with E-state index in [1.807, 2.05) is 0 Å². The normalized spacial score (nSPS) is 9.94. The molecule has 1 aromatic heterocycles. The van der Waals surface area contributed by atoms with Crippen molar-refractivity contribution in [2.45, 2.75) is 13.5 Å². The zero-order chi connectivity index (χ0) is 13.4. The van der Waals surface area contributed by atoms with Crippen LogP contribution in [0.1, 0.15) is 12.5 Å². The summed E-state index contributed by atoms with van der Waals surface area (Å²) < 4.78 is 10.3. The molecule has 0 aliphatic carbocycles. The van der Waals surface area contributed by atoms with Gasteiger partial charge < -0.3 is 20.1 Å². The summed E-state index contributed by atoms with van der Waals surface area (Å²) in [6.45, 7) is 3.19. The first kappa shape index (κ1) is 14.2. The highest BCUT2D eigenvalue weighted by atomic mass is 16.5. The lowest BCUT2D eigenvalue weighted by Gasteiger charge is -2.11. The molecule has 1 aromatic rings. The molecule has 0 aliphatic rings. The lowest BCUT2D eigenvalue weighted by Crippen LogP contribution is -2.30. The van der Waals surface area contributed by atoms with Crippen molar-refractivity contribution in [1.29, 1.82) is 0 Å². The first-order valence-corrected chi connectivity index (χ1v) is 5.56. The lowest BCUT2D eigenvalue weighted by molar-refractivity contribution is -0.118. The number of methoxy groups -OCH3 is 2. The number of carbonyl (C=O) groups excluding carboxylic acids is 1. The van der Waals surface area contributed by atoms with E-state index in [9.17, 15) is 4.79 Å². The van der Waals surface area contributed by atoms with Gasteiger partial charge in [-0.25, -0.2) is 9.97 Å². The van der Waals surface area contributed by atoms with E-state index in [1.54, 1.807) is 14.2 Å². The summed E-state index contributed by atoms with van der Waals surface area (Å²) in [5, 5.41) is 5.85. The van der Waals surface area contributed by atoms with Gasteiger partial charge in [0.1, 0.15) is 6.33 Å². The Labute approximate surface area is 106 Å². The number of carbonyl (C=O) groups is 1. The Morgan fingerprint density at radius 1 is 1.22 bits per heavy atom. The van der Waals surface area contributed by atoms with Gasteiger partial charge in [-0.3, -0.25) is 4.79 Å². The fraction of sp³-hybridized carbons (Fsp3) is 0.545. The molecule has 0 spiro atoms. The van der Waals surface area contributed by atoms with Gasteiger partial charge in [-0.2, -0.15) is 0 Å². The summed E-state index contributed by atoms with van der Waals surface area (Å²) >= 11 is 0. The third-order valence-electron chi connectivity index (χ3n) is 2.23. The first-order valence-electron chi connectivity index (χ1n) is 5.56. The number of hydrogen-bond acceptors (Lipinski definition) is 6. The largest absolute Gasteiger partial charge is 0.481 e. The quantitative estimate of drug-likeness (QED) is 0.651. The van der Waals surface area contributed by atoms with Gasteiger partial charge in [0.25, 0.3) is 0 Å². The number of amides is 1. The number of ether oxygens (including phenoxy) is 2. The summed E-state index contributed by atoms with van der Waals surface area (Å²) in [6.07, 6.45) is 1.39. The summed E-state index contributed by atoms with van der Waals surface area (Å²) in [6, 6.07) is 0. The van der Waals surface area contributed by atoms with Crippen LogP contribution in [0.5, 0.6) is 11.8 Å². The molecule has 100 valence electrons. The van der Waals surface area contributed by atoms with Crippen molar-refractivity contribution in [3.63, 3.8) is 0 Å². The molecule has 2 N–H and O–H groups in total. The molecule has 1 rings (SSSR count). The summed E-state index contributed by atoms with van der Waals surface area (Å²) in [7, 11) is 3.09. The van der Waals surface area contributed by atoms with Crippen molar-refractivity contribution in [2.75, 3.05) is 27.3 Å². The molecule has 0 aromatic carbocycles. The fourth-order valence-corrected chi connectivity index (χ4v) is 1.42. The minimum absolute atomic E-state index is 0.0463. The van der Waals surface area contributed by atoms with Crippen LogP contribution in [0.25, 0.3) is 0 Å². The average molecular weight is 254 g/mol. The molecular formula is C11H18N4O3. The second-order valence-electron chi connectivity index (χ2n) is 3.53. The Bertz CT molecular complexity index is 376. The SMILES string of the molecule is COc1ncnc(OC)c1CNCCNC(C)=O. The Balaban J connectivity index is 2.52. The van der Waals surface area contributed by atoms with Gasteiger partial charge in [-0.05, 0) is 0 Å². The van der Waals surface area contributed by atoms with Gasteiger partial charge in [-0.1, -0.05) is 0 Å². The number of nitrogens with zero attached hydrogens (tertiary/aromatic N) is 2. The summed E-state index contributed by atoms with van der Waals surface area (Å²) in [4.78, 5) is 18.7. The Morgan fingerprint density at radius 3 is 2.33 bits per heavy atom. The molecule has 0 atom stereocenters. The molecule has 0 unspecified atom stereocenters. The minimum Gasteiger partial charge on any atom is -0.481 e. The third kappa shape index (κ3) is 4.17. The maximum absolute atomic E-state index is 10.7. The molecule has 0 bridgehead atoms. The van der Waals surface area contributed by atoms with E-state index in [-0.39, 0.29) is 5.91 Å².